The molecule has 1 saturated heterocycles. The monoisotopic (exact) mass is 395 g/mol. The maximum absolute atomic E-state index is 12.6. The fourth-order valence-corrected chi connectivity index (χ4v) is 5.19. The minimum Gasteiger partial charge on any atom is -0.342 e. The van der Waals surface area contributed by atoms with Gasteiger partial charge in [0.05, 0.1) is 5.69 Å². The van der Waals surface area contributed by atoms with Crippen molar-refractivity contribution in [3.63, 3.8) is 0 Å². The molecule has 2 fully saturated rings. The zero-order valence-electron chi connectivity index (χ0n) is 17.6. The van der Waals surface area contributed by atoms with Crippen LogP contribution in [0.25, 0.3) is 11.3 Å². The van der Waals surface area contributed by atoms with Crippen molar-refractivity contribution >= 4 is 11.9 Å². The number of fused-ring (bicyclic) bond motifs is 1. The van der Waals surface area contributed by atoms with Crippen molar-refractivity contribution in [2.45, 2.75) is 51.6 Å². The molecule has 154 valence electrons. The van der Waals surface area contributed by atoms with E-state index >= 15 is 0 Å². The van der Waals surface area contributed by atoms with E-state index < -0.39 is 0 Å². The van der Waals surface area contributed by atoms with E-state index in [0.29, 0.717) is 17.7 Å². The summed E-state index contributed by atoms with van der Waals surface area (Å²) in [5, 5.41) is 0. The first-order chi connectivity index (χ1) is 13.8. The van der Waals surface area contributed by atoms with E-state index in [0.717, 1.165) is 37.8 Å². The quantitative estimate of drug-likeness (QED) is 0.798. The number of aromatic nitrogens is 3. The van der Waals surface area contributed by atoms with Crippen LogP contribution in [0.5, 0.6) is 0 Å². The molecule has 3 atom stereocenters. The Hall–Kier alpha value is -2.70. The molecule has 1 unspecified atom stereocenters. The van der Waals surface area contributed by atoms with Gasteiger partial charge in [0, 0.05) is 63.7 Å². The molecule has 7 nitrogen and oxygen atoms in total. The molecule has 1 aliphatic carbocycles. The van der Waals surface area contributed by atoms with Crippen molar-refractivity contribution in [3.05, 3.63) is 40.9 Å². The third-order valence-corrected chi connectivity index (χ3v) is 6.93. The minimum atomic E-state index is -0.0721. The van der Waals surface area contributed by atoms with Crippen LogP contribution in [0.3, 0.4) is 0 Å². The number of anilines is 1. The van der Waals surface area contributed by atoms with Crippen LogP contribution < -0.4 is 10.5 Å². The summed E-state index contributed by atoms with van der Waals surface area (Å²) >= 11 is 0. The van der Waals surface area contributed by atoms with Crippen LogP contribution in [0.15, 0.2) is 35.4 Å². The summed E-state index contributed by atoms with van der Waals surface area (Å²) in [5.41, 5.74) is 1.60. The lowest BCUT2D eigenvalue weighted by Gasteiger charge is -2.45. The number of hydrogen-bond acceptors (Lipinski definition) is 5. The highest BCUT2D eigenvalue weighted by molar-refractivity contribution is 5.74. The lowest BCUT2D eigenvalue weighted by atomic mass is 9.70. The maximum Gasteiger partial charge on any atom is 0.255 e. The standard InChI is InChI=1S/C22H29N5O2/c1-15(28)27-12-9-22(2)14-17(5-6-19(22)27)25(3)21-24-18(13-20(29)26(21)4)16-7-10-23-11-8-16/h7-8,10-11,13,17,19H,5-6,9,12,14H2,1-4H3/t17?,19-,22+/m1/s1. The fraction of sp³-hybridized carbons (Fsp3) is 0.545. The summed E-state index contributed by atoms with van der Waals surface area (Å²) in [6, 6.07) is 5.92. The highest BCUT2D eigenvalue weighted by atomic mass is 16.2. The SMILES string of the molecule is CC(=O)N1CC[C@@]2(C)CC(N(C)c3nc(-c4ccncc4)cc(=O)n3C)CC[C@@H]12. The van der Waals surface area contributed by atoms with Crippen LogP contribution in [0, 0.1) is 5.41 Å². The van der Waals surface area contributed by atoms with Gasteiger partial charge in [-0.3, -0.25) is 19.1 Å². The van der Waals surface area contributed by atoms with Gasteiger partial charge < -0.3 is 9.80 Å². The van der Waals surface area contributed by atoms with Crippen LogP contribution in [-0.2, 0) is 11.8 Å². The second-order valence-electron chi connectivity index (χ2n) is 8.75. The first kappa shape index (κ1) is 19.6. The van der Waals surface area contributed by atoms with Crippen molar-refractivity contribution in [2.75, 3.05) is 18.5 Å². The van der Waals surface area contributed by atoms with Crippen molar-refractivity contribution in [2.24, 2.45) is 12.5 Å². The van der Waals surface area contributed by atoms with E-state index in [9.17, 15) is 9.59 Å². The van der Waals surface area contributed by atoms with Crippen LogP contribution in [0.4, 0.5) is 5.95 Å². The molecule has 2 aliphatic rings. The Bertz CT molecular complexity index is 973. The van der Waals surface area contributed by atoms with Gasteiger partial charge >= 0.3 is 0 Å². The Kier molecular flexibility index (Phi) is 4.92. The minimum absolute atomic E-state index is 0.0721. The zero-order chi connectivity index (χ0) is 20.8. The van der Waals surface area contributed by atoms with Gasteiger partial charge in [0.1, 0.15) is 0 Å². The Morgan fingerprint density at radius 1 is 1.28 bits per heavy atom. The average Bonchev–Trinajstić information content (AvgIpc) is 3.06. The van der Waals surface area contributed by atoms with Gasteiger partial charge in [-0.25, -0.2) is 4.98 Å². The molecule has 0 radical (unpaired) electrons. The molecule has 1 saturated carbocycles. The Labute approximate surface area is 171 Å². The highest BCUT2D eigenvalue weighted by Crippen LogP contribution is 2.47. The molecule has 7 heteroatoms. The summed E-state index contributed by atoms with van der Waals surface area (Å²) in [4.78, 5) is 37.7. The number of amides is 1. The van der Waals surface area contributed by atoms with Gasteiger partial charge in [-0.15, -0.1) is 0 Å². The maximum atomic E-state index is 12.6. The molecule has 0 spiro atoms. The lowest BCUT2D eigenvalue weighted by Crippen LogP contribution is -2.50. The topological polar surface area (TPSA) is 71.3 Å². The van der Waals surface area contributed by atoms with E-state index in [1.807, 2.05) is 24.1 Å². The lowest BCUT2D eigenvalue weighted by molar-refractivity contribution is -0.131. The smallest absolute Gasteiger partial charge is 0.255 e. The first-order valence-electron chi connectivity index (χ1n) is 10.3. The molecule has 1 aliphatic heterocycles. The molecule has 3 heterocycles. The summed E-state index contributed by atoms with van der Waals surface area (Å²) < 4.78 is 1.62. The van der Waals surface area contributed by atoms with Gasteiger partial charge in [0.2, 0.25) is 11.9 Å². The molecule has 2 aromatic rings. The zero-order valence-corrected chi connectivity index (χ0v) is 17.6. The van der Waals surface area contributed by atoms with Gasteiger partial charge in [-0.2, -0.15) is 0 Å². The number of likely N-dealkylation sites (tertiary alicyclic amines) is 1. The summed E-state index contributed by atoms with van der Waals surface area (Å²) in [6.07, 6.45) is 7.42. The van der Waals surface area contributed by atoms with Crippen LogP contribution in [0.2, 0.25) is 0 Å². The second-order valence-corrected chi connectivity index (χ2v) is 8.75. The number of carbonyl (C=O) groups is 1. The number of carbonyl (C=O) groups excluding carboxylic acids is 1. The fourth-order valence-electron chi connectivity index (χ4n) is 5.19. The Balaban J connectivity index is 1.62. The summed E-state index contributed by atoms with van der Waals surface area (Å²) in [7, 11) is 3.81. The second kappa shape index (κ2) is 7.28. The Morgan fingerprint density at radius 2 is 2.00 bits per heavy atom. The Morgan fingerprint density at radius 3 is 2.69 bits per heavy atom. The number of hydrogen-bond donors (Lipinski definition) is 0. The van der Waals surface area contributed by atoms with E-state index in [1.165, 1.54) is 0 Å². The average molecular weight is 396 g/mol. The van der Waals surface area contributed by atoms with E-state index in [2.05, 4.69) is 16.8 Å². The van der Waals surface area contributed by atoms with Gasteiger partial charge in [0.25, 0.3) is 5.56 Å². The number of rotatable bonds is 3. The van der Waals surface area contributed by atoms with Gasteiger partial charge in [-0.05, 0) is 43.2 Å². The molecular weight excluding hydrogens is 366 g/mol. The molecule has 2 aromatic heterocycles. The summed E-state index contributed by atoms with van der Waals surface area (Å²) in [5.74, 6) is 0.859. The van der Waals surface area contributed by atoms with Crippen molar-refractivity contribution in [3.8, 4) is 11.3 Å². The normalized spacial score (nSPS) is 26.3. The molecule has 0 bridgehead atoms. The molecule has 29 heavy (non-hydrogen) atoms. The highest BCUT2D eigenvalue weighted by Gasteiger charge is 2.49. The predicted octanol–water partition coefficient (Wildman–Crippen LogP) is 2.46. The summed E-state index contributed by atoms with van der Waals surface area (Å²) in [6.45, 7) is 4.83. The predicted molar refractivity (Wildman–Crippen MR) is 113 cm³/mol. The molecule has 0 N–H and O–H groups in total. The first-order valence-corrected chi connectivity index (χ1v) is 10.3. The van der Waals surface area contributed by atoms with Crippen molar-refractivity contribution in [1.29, 1.82) is 0 Å². The number of nitrogens with zero attached hydrogens (tertiary/aromatic N) is 5. The molecular formula is C22H29N5O2. The van der Waals surface area contributed by atoms with E-state index in [4.69, 9.17) is 4.98 Å². The van der Waals surface area contributed by atoms with Crippen LogP contribution in [0.1, 0.15) is 39.5 Å². The van der Waals surface area contributed by atoms with Gasteiger partial charge in [0.15, 0.2) is 0 Å². The van der Waals surface area contributed by atoms with Crippen LogP contribution >= 0.6 is 0 Å². The largest absolute Gasteiger partial charge is 0.342 e. The van der Waals surface area contributed by atoms with E-state index in [-0.39, 0.29) is 22.9 Å². The molecule has 1 amide bonds. The van der Waals surface area contributed by atoms with Crippen molar-refractivity contribution in [1.82, 2.24) is 19.4 Å². The molecule has 0 aromatic carbocycles. The third kappa shape index (κ3) is 3.43. The van der Waals surface area contributed by atoms with Gasteiger partial charge in [-0.1, -0.05) is 6.92 Å². The van der Waals surface area contributed by atoms with Crippen LogP contribution in [-0.4, -0.2) is 51.0 Å². The molecule has 4 rings (SSSR count). The van der Waals surface area contributed by atoms with E-state index in [1.54, 1.807) is 37.0 Å². The number of pyridine rings is 1. The third-order valence-electron chi connectivity index (χ3n) is 6.93. The van der Waals surface area contributed by atoms with Crippen molar-refractivity contribution < 1.29 is 4.79 Å².